The van der Waals surface area contributed by atoms with Crippen molar-refractivity contribution in [2.45, 2.75) is 13.3 Å². The van der Waals surface area contributed by atoms with Gasteiger partial charge >= 0.3 is 12.3 Å². The fourth-order valence-electron chi connectivity index (χ4n) is 1.97. The summed E-state index contributed by atoms with van der Waals surface area (Å²) >= 11 is 0. The number of alkyl halides is 3. The summed E-state index contributed by atoms with van der Waals surface area (Å²) in [7, 11) is 0. The van der Waals surface area contributed by atoms with Gasteiger partial charge in [-0.2, -0.15) is 0 Å². The van der Waals surface area contributed by atoms with Crippen molar-refractivity contribution >= 4 is 5.97 Å². The number of para-hydroxylation sites is 1. The number of carbonyl (C=O) groups is 1. The third-order valence-electron chi connectivity index (χ3n) is 2.81. The molecule has 2 aromatic rings. The van der Waals surface area contributed by atoms with Crippen molar-refractivity contribution in [2.75, 3.05) is 0 Å². The van der Waals surface area contributed by atoms with E-state index >= 15 is 0 Å². The summed E-state index contributed by atoms with van der Waals surface area (Å²) in [4.78, 5) is 11.3. The Labute approximate surface area is 118 Å². The SMILES string of the molecule is Cc1ccc(-c2ccccc2OC(F)(F)F)c(C(=O)O)c1. The number of aryl methyl sites for hydroxylation is 1. The molecule has 1 N–H and O–H groups in total. The van der Waals surface area contributed by atoms with Gasteiger partial charge in [0.2, 0.25) is 0 Å². The molecule has 0 aliphatic rings. The molecule has 0 unspecified atom stereocenters. The average Bonchev–Trinajstić information content (AvgIpc) is 2.37. The molecule has 2 rings (SSSR count). The molecule has 0 saturated heterocycles. The zero-order valence-electron chi connectivity index (χ0n) is 10.9. The van der Waals surface area contributed by atoms with E-state index in [9.17, 15) is 23.1 Å². The number of aromatic carboxylic acids is 1. The molecule has 0 aromatic heterocycles. The lowest BCUT2D eigenvalue weighted by molar-refractivity contribution is -0.274. The zero-order chi connectivity index (χ0) is 15.6. The molecule has 2 aromatic carbocycles. The predicted molar refractivity (Wildman–Crippen MR) is 70.3 cm³/mol. The van der Waals surface area contributed by atoms with Gasteiger partial charge in [0.1, 0.15) is 5.75 Å². The molecule has 6 heteroatoms. The monoisotopic (exact) mass is 296 g/mol. The molecular formula is C15H11F3O3. The van der Waals surface area contributed by atoms with Crippen LogP contribution in [0.1, 0.15) is 15.9 Å². The van der Waals surface area contributed by atoms with E-state index in [-0.39, 0.29) is 16.7 Å². The molecule has 0 aliphatic carbocycles. The smallest absolute Gasteiger partial charge is 0.478 e. The molecule has 0 aliphatic heterocycles. The van der Waals surface area contributed by atoms with Crippen LogP contribution in [0.3, 0.4) is 0 Å². The number of carboxylic acids is 1. The van der Waals surface area contributed by atoms with Gasteiger partial charge in [-0.05, 0) is 24.6 Å². The van der Waals surface area contributed by atoms with Crippen LogP contribution in [0.2, 0.25) is 0 Å². The summed E-state index contributed by atoms with van der Waals surface area (Å²) in [6, 6.07) is 9.95. The predicted octanol–water partition coefficient (Wildman–Crippen LogP) is 4.26. The van der Waals surface area contributed by atoms with Crippen LogP contribution in [0.5, 0.6) is 5.75 Å². The third kappa shape index (κ3) is 3.53. The highest BCUT2D eigenvalue weighted by atomic mass is 19.4. The Bertz CT molecular complexity index is 678. The summed E-state index contributed by atoms with van der Waals surface area (Å²) in [6.45, 7) is 1.70. The standard InChI is InChI=1S/C15H11F3O3/c1-9-6-7-10(12(8-9)14(19)20)11-4-2-3-5-13(11)21-15(16,17)18/h2-8H,1H3,(H,19,20). The minimum atomic E-state index is -4.84. The van der Waals surface area contributed by atoms with Crippen LogP contribution in [0.25, 0.3) is 11.1 Å². The highest BCUT2D eigenvalue weighted by molar-refractivity contribution is 5.97. The molecule has 0 saturated carbocycles. The van der Waals surface area contributed by atoms with Crippen molar-refractivity contribution in [3.8, 4) is 16.9 Å². The molecule has 3 nitrogen and oxygen atoms in total. The van der Waals surface area contributed by atoms with Gasteiger partial charge in [0.05, 0.1) is 5.56 Å². The van der Waals surface area contributed by atoms with Gasteiger partial charge < -0.3 is 9.84 Å². The summed E-state index contributed by atoms with van der Waals surface area (Å²) < 4.78 is 41.2. The van der Waals surface area contributed by atoms with E-state index < -0.39 is 18.1 Å². The van der Waals surface area contributed by atoms with E-state index in [2.05, 4.69) is 4.74 Å². The second-order valence-corrected chi connectivity index (χ2v) is 4.40. The highest BCUT2D eigenvalue weighted by Gasteiger charge is 2.32. The van der Waals surface area contributed by atoms with Gasteiger partial charge in [-0.15, -0.1) is 13.2 Å². The van der Waals surface area contributed by atoms with E-state index in [1.54, 1.807) is 13.0 Å². The van der Waals surface area contributed by atoms with Crippen LogP contribution in [-0.2, 0) is 0 Å². The van der Waals surface area contributed by atoms with E-state index in [0.29, 0.717) is 5.56 Å². The van der Waals surface area contributed by atoms with Crippen molar-refractivity contribution in [2.24, 2.45) is 0 Å². The van der Waals surface area contributed by atoms with Crippen molar-refractivity contribution in [1.29, 1.82) is 0 Å². The van der Waals surface area contributed by atoms with Gasteiger partial charge in [-0.25, -0.2) is 4.79 Å². The van der Waals surface area contributed by atoms with Crippen LogP contribution in [-0.4, -0.2) is 17.4 Å². The molecular weight excluding hydrogens is 285 g/mol. The number of ether oxygens (including phenoxy) is 1. The molecule has 0 radical (unpaired) electrons. The number of hydrogen-bond donors (Lipinski definition) is 1. The average molecular weight is 296 g/mol. The number of hydrogen-bond acceptors (Lipinski definition) is 2. The number of halogens is 3. The first-order chi connectivity index (χ1) is 9.78. The van der Waals surface area contributed by atoms with Gasteiger partial charge in [0, 0.05) is 5.56 Å². The van der Waals surface area contributed by atoms with Gasteiger partial charge in [-0.3, -0.25) is 0 Å². The maximum atomic E-state index is 12.4. The Hall–Kier alpha value is -2.50. The zero-order valence-corrected chi connectivity index (χ0v) is 10.9. The van der Waals surface area contributed by atoms with Crippen molar-refractivity contribution in [3.05, 3.63) is 53.6 Å². The molecule has 0 amide bonds. The van der Waals surface area contributed by atoms with E-state index in [0.717, 1.165) is 6.07 Å². The maximum Gasteiger partial charge on any atom is 0.573 e. The van der Waals surface area contributed by atoms with Crippen LogP contribution in [0, 0.1) is 6.92 Å². The summed E-state index contributed by atoms with van der Waals surface area (Å²) in [5.41, 5.74) is 0.874. The summed E-state index contributed by atoms with van der Waals surface area (Å²) in [5, 5.41) is 9.21. The maximum absolute atomic E-state index is 12.4. The van der Waals surface area contributed by atoms with Crippen molar-refractivity contribution in [3.63, 3.8) is 0 Å². The lowest BCUT2D eigenvalue weighted by Crippen LogP contribution is -2.17. The fraction of sp³-hybridized carbons (Fsp3) is 0.133. The Morgan fingerprint density at radius 1 is 1.10 bits per heavy atom. The Kier molecular flexibility index (Phi) is 3.88. The Morgan fingerprint density at radius 2 is 1.76 bits per heavy atom. The number of benzene rings is 2. The third-order valence-corrected chi connectivity index (χ3v) is 2.81. The van der Waals surface area contributed by atoms with Crippen LogP contribution >= 0.6 is 0 Å². The highest BCUT2D eigenvalue weighted by Crippen LogP contribution is 2.35. The number of carboxylic acid groups (broad SMARTS) is 1. The second kappa shape index (κ2) is 5.47. The largest absolute Gasteiger partial charge is 0.573 e. The lowest BCUT2D eigenvalue weighted by Gasteiger charge is -2.15. The van der Waals surface area contributed by atoms with Gasteiger partial charge in [-0.1, -0.05) is 35.9 Å². The van der Waals surface area contributed by atoms with Crippen LogP contribution in [0.4, 0.5) is 13.2 Å². The molecule has 0 fully saturated rings. The van der Waals surface area contributed by atoms with Crippen LogP contribution in [0.15, 0.2) is 42.5 Å². The molecule has 0 heterocycles. The topological polar surface area (TPSA) is 46.5 Å². The second-order valence-electron chi connectivity index (χ2n) is 4.40. The molecule has 0 bridgehead atoms. The first-order valence-corrected chi connectivity index (χ1v) is 5.97. The molecule has 0 spiro atoms. The Morgan fingerprint density at radius 3 is 2.38 bits per heavy atom. The van der Waals surface area contributed by atoms with E-state index in [1.165, 1.54) is 30.3 Å². The van der Waals surface area contributed by atoms with Crippen molar-refractivity contribution in [1.82, 2.24) is 0 Å². The molecule has 110 valence electrons. The first-order valence-electron chi connectivity index (χ1n) is 5.97. The fourth-order valence-corrected chi connectivity index (χ4v) is 1.97. The summed E-state index contributed by atoms with van der Waals surface area (Å²) in [5.74, 6) is -1.65. The minimum Gasteiger partial charge on any atom is -0.478 e. The number of rotatable bonds is 3. The minimum absolute atomic E-state index is 0.0757. The van der Waals surface area contributed by atoms with E-state index in [4.69, 9.17) is 0 Å². The first kappa shape index (κ1) is 14.9. The van der Waals surface area contributed by atoms with Crippen molar-refractivity contribution < 1.29 is 27.8 Å². The quantitative estimate of drug-likeness (QED) is 0.920. The van der Waals surface area contributed by atoms with E-state index in [1.807, 2.05) is 0 Å². The van der Waals surface area contributed by atoms with Gasteiger partial charge in [0.15, 0.2) is 0 Å². The van der Waals surface area contributed by atoms with Crippen LogP contribution < -0.4 is 4.74 Å². The lowest BCUT2D eigenvalue weighted by atomic mass is 9.97. The van der Waals surface area contributed by atoms with Gasteiger partial charge in [0.25, 0.3) is 0 Å². The normalized spacial score (nSPS) is 11.2. The molecule has 0 atom stereocenters. The summed E-state index contributed by atoms with van der Waals surface area (Å²) in [6.07, 6.45) is -4.84. The Balaban J connectivity index is 2.60. The molecule has 21 heavy (non-hydrogen) atoms.